The molecule has 1 rings (SSSR count). The minimum atomic E-state index is -0.301. The molecule has 0 aliphatic heterocycles. The average molecular weight is 227 g/mol. The van der Waals surface area contributed by atoms with Crippen LogP contribution in [0.5, 0.6) is 0 Å². The van der Waals surface area contributed by atoms with Crippen molar-refractivity contribution >= 4 is 11.8 Å². The highest BCUT2D eigenvalue weighted by atomic mass is 16.2. The fourth-order valence-corrected chi connectivity index (χ4v) is 2.08. The van der Waals surface area contributed by atoms with Crippen LogP contribution in [0.2, 0.25) is 0 Å². The molecule has 1 saturated carbocycles. The quantitative estimate of drug-likeness (QED) is 0.598. The highest BCUT2D eigenvalue weighted by molar-refractivity contribution is 5.85. The first-order chi connectivity index (χ1) is 7.61. The lowest BCUT2D eigenvalue weighted by atomic mass is 10.1. The van der Waals surface area contributed by atoms with Crippen molar-refractivity contribution in [2.45, 2.75) is 26.2 Å². The molecule has 2 amide bonds. The molecule has 0 aromatic carbocycles. The molecule has 0 spiro atoms. The summed E-state index contributed by atoms with van der Waals surface area (Å²) < 4.78 is 0. The van der Waals surface area contributed by atoms with Gasteiger partial charge in [0.15, 0.2) is 0 Å². The van der Waals surface area contributed by atoms with Crippen molar-refractivity contribution < 1.29 is 9.59 Å². The van der Waals surface area contributed by atoms with Crippen molar-refractivity contribution in [3.05, 3.63) is 0 Å². The molecule has 0 heterocycles. The van der Waals surface area contributed by atoms with Gasteiger partial charge in [-0.3, -0.25) is 9.59 Å². The molecule has 92 valence electrons. The summed E-state index contributed by atoms with van der Waals surface area (Å²) in [5.74, 6) is 0.939. The van der Waals surface area contributed by atoms with Crippen molar-refractivity contribution in [2.24, 2.45) is 17.6 Å². The van der Waals surface area contributed by atoms with Crippen LogP contribution in [0.1, 0.15) is 26.2 Å². The lowest BCUT2D eigenvalue weighted by Crippen LogP contribution is -2.40. The number of carbonyl (C=O) groups is 2. The molecule has 1 aliphatic carbocycles. The van der Waals surface area contributed by atoms with E-state index in [1.54, 1.807) is 0 Å². The second-order valence-electron chi connectivity index (χ2n) is 4.57. The van der Waals surface area contributed by atoms with Crippen LogP contribution in [0, 0.1) is 11.8 Å². The van der Waals surface area contributed by atoms with Gasteiger partial charge >= 0.3 is 0 Å². The smallest absolute Gasteiger partial charge is 0.239 e. The zero-order valence-electron chi connectivity index (χ0n) is 9.79. The molecule has 1 aliphatic rings. The van der Waals surface area contributed by atoms with Gasteiger partial charge in [-0.1, -0.05) is 13.3 Å². The molecule has 0 aromatic heterocycles. The van der Waals surface area contributed by atoms with E-state index in [0.717, 1.165) is 12.5 Å². The van der Waals surface area contributed by atoms with E-state index in [4.69, 9.17) is 5.73 Å². The number of nitrogens with two attached hydrogens (primary N) is 1. The van der Waals surface area contributed by atoms with Crippen molar-refractivity contribution in [3.63, 3.8) is 0 Å². The highest BCUT2D eigenvalue weighted by Gasteiger charge is 2.21. The van der Waals surface area contributed by atoms with Crippen LogP contribution in [0.4, 0.5) is 0 Å². The maximum Gasteiger partial charge on any atom is 0.239 e. The van der Waals surface area contributed by atoms with E-state index in [9.17, 15) is 9.59 Å². The van der Waals surface area contributed by atoms with Crippen LogP contribution in [-0.2, 0) is 9.59 Å². The van der Waals surface area contributed by atoms with Gasteiger partial charge in [0.25, 0.3) is 0 Å². The lowest BCUT2D eigenvalue weighted by molar-refractivity contribution is -0.125. The first-order valence-corrected chi connectivity index (χ1v) is 5.85. The van der Waals surface area contributed by atoms with Gasteiger partial charge < -0.3 is 16.4 Å². The third-order valence-corrected chi connectivity index (χ3v) is 3.02. The van der Waals surface area contributed by atoms with Crippen LogP contribution in [0.25, 0.3) is 0 Å². The Hall–Kier alpha value is -1.10. The monoisotopic (exact) mass is 227 g/mol. The minimum absolute atomic E-state index is 0.0261. The molecular weight excluding hydrogens is 206 g/mol. The summed E-state index contributed by atoms with van der Waals surface area (Å²) in [5, 5.41) is 5.27. The van der Waals surface area contributed by atoms with E-state index in [1.165, 1.54) is 19.3 Å². The van der Waals surface area contributed by atoms with Gasteiger partial charge in [-0.15, -0.1) is 0 Å². The molecule has 2 unspecified atom stereocenters. The topological polar surface area (TPSA) is 84.2 Å². The number of nitrogens with one attached hydrogen (secondary N) is 2. The average Bonchev–Trinajstić information content (AvgIpc) is 2.69. The van der Waals surface area contributed by atoms with Crippen molar-refractivity contribution in [3.8, 4) is 0 Å². The normalized spacial score (nSPS) is 24.1. The third kappa shape index (κ3) is 4.61. The molecule has 4 N–H and O–H groups in total. The predicted octanol–water partition coefficient (Wildman–Crippen LogP) is -0.386. The van der Waals surface area contributed by atoms with Crippen LogP contribution in [0.15, 0.2) is 0 Å². The molecule has 5 nitrogen and oxygen atoms in total. The van der Waals surface area contributed by atoms with Gasteiger partial charge in [-0.2, -0.15) is 0 Å². The zero-order chi connectivity index (χ0) is 12.0. The second kappa shape index (κ2) is 6.48. The second-order valence-corrected chi connectivity index (χ2v) is 4.57. The SMILES string of the molecule is CC1CCC(CNC(=O)CNC(=O)CN)C1. The summed E-state index contributed by atoms with van der Waals surface area (Å²) in [7, 11) is 0. The number of hydrogen-bond donors (Lipinski definition) is 3. The fourth-order valence-electron chi connectivity index (χ4n) is 2.08. The van der Waals surface area contributed by atoms with Gasteiger partial charge in [0.05, 0.1) is 13.1 Å². The molecule has 0 bridgehead atoms. The van der Waals surface area contributed by atoms with Crippen LogP contribution in [-0.4, -0.2) is 31.4 Å². The predicted molar refractivity (Wildman–Crippen MR) is 61.6 cm³/mol. The van der Waals surface area contributed by atoms with Gasteiger partial charge in [-0.25, -0.2) is 0 Å². The number of hydrogen-bond acceptors (Lipinski definition) is 3. The van der Waals surface area contributed by atoms with E-state index in [0.29, 0.717) is 5.92 Å². The van der Waals surface area contributed by atoms with Crippen LogP contribution in [0.3, 0.4) is 0 Å². The summed E-state index contributed by atoms with van der Waals surface area (Å²) in [4.78, 5) is 22.1. The summed E-state index contributed by atoms with van der Waals surface area (Å²) in [5.41, 5.74) is 5.10. The molecule has 0 radical (unpaired) electrons. The summed E-state index contributed by atoms with van der Waals surface area (Å²) in [6.07, 6.45) is 3.64. The zero-order valence-corrected chi connectivity index (χ0v) is 9.79. The standard InChI is InChI=1S/C11H21N3O2/c1-8-2-3-9(4-8)6-13-11(16)7-14-10(15)5-12/h8-9H,2-7,12H2,1H3,(H,13,16)(H,14,15). The Kier molecular flexibility index (Phi) is 5.25. The Morgan fingerprint density at radius 3 is 2.56 bits per heavy atom. The van der Waals surface area contributed by atoms with Crippen molar-refractivity contribution in [1.29, 1.82) is 0 Å². The van der Waals surface area contributed by atoms with E-state index in [-0.39, 0.29) is 24.9 Å². The first-order valence-electron chi connectivity index (χ1n) is 5.85. The fraction of sp³-hybridized carbons (Fsp3) is 0.818. The van der Waals surface area contributed by atoms with E-state index >= 15 is 0 Å². The number of rotatable bonds is 5. The molecule has 5 heteroatoms. The Morgan fingerprint density at radius 1 is 1.25 bits per heavy atom. The van der Waals surface area contributed by atoms with Crippen LogP contribution < -0.4 is 16.4 Å². The lowest BCUT2D eigenvalue weighted by Gasteiger charge is -2.11. The Bertz CT molecular complexity index is 256. The molecule has 16 heavy (non-hydrogen) atoms. The van der Waals surface area contributed by atoms with E-state index in [1.807, 2.05) is 0 Å². The summed E-state index contributed by atoms with van der Waals surface area (Å²) in [6.45, 7) is 2.91. The molecular formula is C11H21N3O2. The Balaban J connectivity index is 2.08. The van der Waals surface area contributed by atoms with Gasteiger partial charge in [-0.05, 0) is 24.7 Å². The maximum absolute atomic E-state index is 11.3. The van der Waals surface area contributed by atoms with E-state index in [2.05, 4.69) is 17.6 Å². The largest absolute Gasteiger partial charge is 0.354 e. The number of carbonyl (C=O) groups excluding carboxylic acids is 2. The highest BCUT2D eigenvalue weighted by Crippen LogP contribution is 2.29. The summed E-state index contributed by atoms with van der Waals surface area (Å²) in [6, 6.07) is 0. The Morgan fingerprint density at radius 2 is 2.00 bits per heavy atom. The third-order valence-electron chi connectivity index (χ3n) is 3.02. The maximum atomic E-state index is 11.3. The molecule has 2 atom stereocenters. The van der Waals surface area contributed by atoms with Gasteiger partial charge in [0.1, 0.15) is 0 Å². The van der Waals surface area contributed by atoms with Crippen LogP contribution >= 0.6 is 0 Å². The summed E-state index contributed by atoms with van der Waals surface area (Å²) >= 11 is 0. The molecule has 0 aromatic rings. The minimum Gasteiger partial charge on any atom is -0.354 e. The van der Waals surface area contributed by atoms with Gasteiger partial charge in [0, 0.05) is 6.54 Å². The number of amides is 2. The van der Waals surface area contributed by atoms with Crippen molar-refractivity contribution in [2.75, 3.05) is 19.6 Å². The van der Waals surface area contributed by atoms with E-state index < -0.39 is 0 Å². The van der Waals surface area contributed by atoms with Gasteiger partial charge in [0.2, 0.25) is 11.8 Å². The first kappa shape index (κ1) is 13.0. The van der Waals surface area contributed by atoms with Crippen molar-refractivity contribution in [1.82, 2.24) is 10.6 Å². The molecule has 1 fully saturated rings. The Labute approximate surface area is 96.1 Å². The molecule has 0 saturated heterocycles.